The SMILES string of the molecule is CC(C)(C)c1cc(N[C@H]2CC[C@H](Oc3ccccn3)CC2)c(C(=O)O)s1. The summed E-state index contributed by atoms with van der Waals surface area (Å²) in [5.74, 6) is -0.190. The first kappa shape index (κ1) is 18.7. The lowest BCUT2D eigenvalue weighted by atomic mass is 9.92. The number of carbonyl (C=O) groups is 1. The molecule has 0 bridgehead atoms. The zero-order valence-electron chi connectivity index (χ0n) is 15.5. The largest absolute Gasteiger partial charge is 0.477 e. The van der Waals surface area contributed by atoms with Crippen LogP contribution in [-0.2, 0) is 5.41 Å². The smallest absolute Gasteiger partial charge is 0.348 e. The summed E-state index contributed by atoms with van der Waals surface area (Å²) in [4.78, 5) is 17.3. The van der Waals surface area contributed by atoms with Gasteiger partial charge >= 0.3 is 5.97 Å². The number of carboxylic acid groups (broad SMARTS) is 1. The van der Waals surface area contributed by atoms with E-state index in [4.69, 9.17) is 4.74 Å². The molecule has 0 atom stereocenters. The number of pyridine rings is 1. The van der Waals surface area contributed by atoms with Gasteiger partial charge in [0.05, 0.1) is 5.69 Å². The molecule has 1 saturated carbocycles. The Morgan fingerprint density at radius 1 is 1.27 bits per heavy atom. The van der Waals surface area contributed by atoms with Crippen molar-refractivity contribution in [3.63, 3.8) is 0 Å². The minimum Gasteiger partial charge on any atom is -0.477 e. The van der Waals surface area contributed by atoms with Crippen molar-refractivity contribution in [1.29, 1.82) is 0 Å². The Bertz CT molecular complexity index is 744. The van der Waals surface area contributed by atoms with Crippen molar-refractivity contribution in [3.8, 4) is 5.88 Å². The van der Waals surface area contributed by atoms with E-state index in [2.05, 4.69) is 31.1 Å². The van der Waals surface area contributed by atoms with Gasteiger partial charge in [0.25, 0.3) is 0 Å². The number of hydrogen-bond acceptors (Lipinski definition) is 5. The van der Waals surface area contributed by atoms with E-state index in [0.717, 1.165) is 36.2 Å². The van der Waals surface area contributed by atoms with Crippen LogP contribution in [0.5, 0.6) is 5.88 Å². The molecule has 0 aromatic carbocycles. The number of nitrogens with zero attached hydrogens (tertiary/aromatic N) is 1. The average Bonchev–Trinajstić information content (AvgIpc) is 3.02. The zero-order valence-corrected chi connectivity index (χ0v) is 16.3. The summed E-state index contributed by atoms with van der Waals surface area (Å²) in [5, 5.41) is 13.0. The summed E-state index contributed by atoms with van der Waals surface area (Å²) in [5.41, 5.74) is 0.699. The Balaban J connectivity index is 1.61. The van der Waals surface area contributed by atoms with Gasteiger partial charge in [0.2, 0.25) is 5.88 Å². The van der Waals surface area contributed by atoms with E-state index >= 15 is 0 Å². The highest BCUT2D eigenvalue weighted by Crippen LogP contribution is 2.37. The quantitative estimate of drug-likeness (QED) is 0.775. The molecule has 2 aromatic rings. The number of nitrogens with one attached hydrogen (secondary N) is 1. The lowest BCUT2D eigenvalue weighted by molar-refractivity contribution is 0.0703. The van der Waals surface area contributed by atoms with Gasteiger partial charge in [-0.3, -0.25) is 0 Å². The molecule has 0 saturated heterocycles. The van der Waals surface area contributed by atoms with E-state index in [-0.39, 0.29) is 17.6 Å². The van der Waals surface area contributed by atoms with Crippen LogP contribution in [0.3, 0.4) is 0 Å². The minimum atomic E-state index is -0.861. The Kier molecular flexibility index (Phi) is 5.51. The number of aromatic nitrogens is 1. The van der Waals surface area contributed by atoms with Crippen LogP contribution in [0.4, 0.5) is 5.69 Å². The van der Waals surface area contributed by atoms with E-state index in [1.165, 1.54) is 11.3 Å². The van der Waals surface area contributed by atoms with Crippen LogP contribution in [0.15, 0.2) is 30.5 Å². The second kappa shape index (κ2) is 7.66. The van der Waals surface area contributed by atoms with Crippen molar-refractivity contribution < 1.29 is 14.6 Å². The zero-order chi connectivity index (χ0) is 18.7. The van der Waals surface area contributed by atoms with Crippen molar-refractivity contribution in [3.05, 3.63) is 40.2 Å². The fraction of sp³-hybridized carbons (Fsp3) is 0.500. The number of thiophene rings is 1. The van der Waals surface area contributed by atoms with Gasteiger partial charge in [0.1, 0.15) is 11.0 Å². The van der Waals surface area contributed by atoms with Crippen LogP contribution in [0.2, 0.25) is 0 Å². The Morgan fingerprint density at radius 3 is 2.58 bits per heavy atom. The molecule has 2 heterocycles. The fourth-order valence-electron chi connectivity index (χ4n) is 3.16. The molecule has 1 fully saturated rings. The average molecular weight is 375 g/mol. The summed E-state index contributed by atoms with van der Waals surface area (Å²) >= 11 is 1.37. The molecule has 5 nitrogen and oxygen atoms in total. The van der Waals surface area contributed by atoms with Gasteiger partial charge in [-0.15, -0.1) is 11.3 Å². The summed E-state index contributed by atoms with van der Waals surface area (Å²) in [6.07, 6.45) is 5.70. The molecular weight excluding hydrogens is 348 g/mol. The molecule has 0 spiro atoms. The maximum atomic E-state index is 11.6. The summed E-state index contributed by atoms with van der Waals surface area (Å²) < 4.78 is 5.93. The monoisotopic (exact) mass is 374 g/mol. The highest BCUT2D eigenvalue weighted by Gasteiger charge is 2.27. The molecule has 26 heavy (non-hydrogen) atoms. The number of anilines is 1. The standard InChI is InChI=1S/C20H26N2O3S/c1-20(2,3)16-12-15(18(26-16)19(23)24)22-13-7-9-14(10-8-13)25-17-6-4-5-11-21-17/h4-6,11-14,22H,7-10H2,1-3H3,(H,23,24)/t13-,14-. The molecule has 0 aliphatic heterocycles. The van der Waals surface area contributed by atoms with Crippen molar-refractivity contribution >= 4 is 23.0 Å². The van der Waals surface area contributed by atoms with E-state index < -0.39 is 5.97 Å². The minimum absolute atomic E-state index is 0.0526. The molecular formula is C20H26N2O3S. The first-order chi connectivity index (χ1) is 12.3. The molecule has 6 heteroatoms. The molecule has 2 N–H and O–H groups in total. The first-order valence-electron chi connectivity index (χ1n) is 9.05. The maximum Gasteiger partial charge on any atom is 0.348 e. The molecule has 3 rings (SSSR count). The Morgan fingerprint density at radius 2 is 2.00 bits per heavy atom. The highest BCUT2D eigenvalue weighted by atomic mass is 32.1. The number of rotatable bonds is 5. The van der Waals surface area contributed by atoms with Gasteiger partial charge in [0.15, 0.2) is 0 Å². The van der Waals surface area contributed by atoms with E-state index in [1.54, 1.807) is 6.20 Å². The van der Waals surface area contributed by atoms with Gasteiger partial charge in [-0.25, -0.2) is 9.78 Å². The van der Waals surface area contributed by atoms with Gasteiger partial charge < -0.3 is 15.2 Å². The molecule has 2 aromatic heterocycles. The first-order valence-corrected chi connectivity index (χ1v) is 9.86. The summed E-state index contributed by atoms with van der Waals surface area (Å²) in [7, 11) is 0. The molecule has 1 aliphatic carbocycles. The fourth-order valence-corrected chi connectivity index (χ4v) is 4.18. The molecule has 140 valence electrons. The molecule has 0 amide bonds. The maximum absolute atomic E-state index is 11.6. The third-order valence-electron chi connectivity index (χ3n) is 4.62. The van der Waals surface area contributed by atoms with Gasteiger partial charge in [-0.2, -0.15) is 0 Å². The van der Waals surface area contributed by atoms with Crippen LogP contribution >= 0.6 is 11.3 Å². The van der Waals surface area contributed by atoms with E-state index in [9.17, 15) is 9.90 Å². The van der Waals surface area contributed by atoms with Crippen LogP contribution in [0.1, 0.15) is 61.0 Å². The van der Waals surface area contributed by atoms with Gasteiger partial charge in [-0.1, -0.05) is 26.8 Å². The van der Waals surface area contributed by atoms with Crippen molar-refractivity contribution in [2.45, 2.75) is 64.0 Å². The third kappa shape index (κ3) is 4.55. The number of ether oxygens (including phenoxy) is 1. The molecule has 0 radical (unpaired) electrons. The van der Waals surface area contributed by atoms with E-state index in [1.807, 2.05) is 24.3 Å². The predicted molar refractivity (Wildman–Crippen MR) is 105 cm³/mol. The Hall–Kier alpha value is -2.08. The lowest BCUT2D eigenvalue weighted by Crippen LogP contribution is -2.31. The second-order valence-corrected chi connectivity index (χ2v) is 8.86. The summed E-state index contributed by atoms with van der Waals surface area (Å²) in [6.45, 7) is 6.32. The normalized spacial score (nSPS) is 20.6. The number of carboxylic acids is 1. The number of aromatic carboxylic acids is 1. The van der Waals surface area contributed by atoms with Gasteiger partial charge in [0, 0.05) is 23.2 Å². The lowest BCUT2D eigenvalue weighted by Gasteiger charge is -2.29. The third-order valence-corrected chi connectivity index (χ3v) is 6.17. The van der Waals surface area contributed by atoms with Crippen molar-refractivity contribution in [1.82, 2.24) is 4.98 Å². The van der Waals surface area contributed by atoms with Crippen LogP contribution in [0.25, 0.3) is 0 Å². The predicted octanol–water partition coefficient (Wildman–Crippen LogP) is 4.94. The van der Waals surface area contributed by atoms with Crippen LogP contribution in [0, 0.1) is 0 Å². The molecule has 1 aliphatic rings. The van der Waals surface area contributed by atoms with E-state index in [0.29, 0.717) is 10.8 Å². The number of hydrogen-bond donors (Lipinski definition) is 2. The topological polar surface area (TPSA) is 71.5 Å². The molecule has 0 unspecified atom stereocenters. The van der Waals surface area contributed by atoms with Crippen molar-refractivity contribution in [2.75, 3.05) is 5.32 Å². The van der Waals surface area contributed by atoms with Crippen LogP contribution in [-0.4, -0.2) is 28.2 Å². The highest BCUT2D eigenvalue weighted by molar-refractivity contribution is 7.14. The van der Waals surface area contributed by atoms with Gasteiger partial charge in [-0.05, 0) is 43.2 Å². The van der Waals surface area contributed by atoms with Crippen LogP contribution < -0.4 is 10.1 Å². The summed E-state index contributed by atoms with van der Waals surface area (Å²) in [6, 6.07) is 7.96. The van der Waals surface area contributed by atoms with Crippen molar-refractivity contribution in [2.24, 2.45) is 0 Å². The Labute approximate surface area is 158 Å². The second-order valence-electron chi connectivity index (χ2n) is 7.81.